The van der Waals surface area contributed by atoms with Gasteiger partial charge in [-0.3, -0.25) is 0 Å². The molecule has 2 nitrogen and oxygen atoms in total. The first-order chi connectivity index (χ1) is 4.54. The van der Waals surface area contributed by atoms with Gasteiger partial charge >= 0.3 is 12.4 Å². The summed E-state index contributed by atoms with van der Waals surface area (Å²) >= 11 is 0. The van der Waals surface area contributed by atoms with Crippen molar-refractivity contribution in [1.29, 1.82) is 0 Å². The predicted octanol–water partition coefficient (Wildman–Crippen LogP) is 1.28. The molecule has 0 fully saturated rings. The maximum absolute atomic E-state index is 11.6. The average molecular weight is 154 g/mol. The molecule has 0 aliphatic rings. The second-order valence-corrected chi connectivity index (χ2v) is 1.43. The summed E-state index contributed by atoms with van der Waals surface area (Å²) in [4.78, 5) is 9.87. The van der Waals surface area contributed by atoms with Crippen LogP contribution in [0.2, 0.25) is 0 Å². The summed E-state index contributed by atoms with van der Waals surface area (Å²) < 4.78 is 37.8. The molecule has 0 aromatic heterocycles. The molecule has 0 bridgehead atoms. The van der Waals surface area contributed by atoms with E-state index < -0.39 is 24.8 Å². The Hall–Kier alpha value is -1.00. The van der Waals surface area contributed by atoms with Crippen LogP contribution >= 0.6 is 0 Å². The molecule has 58 valence electrons. The summed E-state index contributed by atoms with van der Waals surface area (Å²) in [6.07, 6.45) is -3.21. The second kappa shape index (κ2) is 3.92. The van der Waals surface area contributed by atoms with E-state index in [-0.39, 0.29) is 0 Å². The van der Waals surface area contributed by atoms with E-state index in [0.29, 0.717) is 0 Å². The number of ether oxygens (including phenoxy) is 1. The van der Waals surface area contributed by atoms with Gasteiger partial charge in [0, 0.05) is 0 Å². The number of carbonyl (C=O) groups is 1. The van der Waals surface area contributed by atoms with Gasteiger partial charge in [-0.1, -0.05) is 6.58 Å². The summed E-state index contributed by atoms with van der Waals surface area (Å²) in [6, 6.07) is 0. The highest BCUT2D eigenvalue weighted by atomic mass is 19.3. The lowest BCUT2D eigenvalue weighted by molar-refractivity contribution is -0.155. The number of hydrogen-bond donors (Lipinski definition) is 0. The number of esters is 1. The predicted molar refractivity (Wildman–Crippen MR) is 27.2 cm³/mol. The molecule has 0 aliphatic carbocycles. The Balaban J connectivity index is 3.50. The zero-order valence-corrected chi connectivity index (χ0v) is 4.94. The summed E-state index contributed by atoms with van der Waals surface area (Å²) in [7, 11) is 0. The molecule has 0 saturated carbocycles. The van der Waals surface area contributed by atoms with Gasteiger partial charge in [0.2, 0.25) is 0 Å². The largest absolute Gasteiger partial charge is 0.454 e. The normalized spacial score (nSPS) is 9.60. The molecule has 0 N–H and O–H groups in total. The number of rotatable bonds is 3. The van der Waals surface area contributed by atoms with E-state index in [1.165, 1.54) is 0 Å². The van der Waals surface area contributed by atoms with Crippen LogP contribution in [0.25, 0.3) is 0 Å². The highest BCUT2D eigenvalue weighted by Crippen LogP contribution is 1.98. The van der Waals surface area contributed by atoms with Gasteiger partial charge < -0.3 is 4.74 Å². The van der Waals surface area contributed by atoms with Crippen molar-refractivity contribution in [3.63, 3.8) is 0 Å². The van der Waals surface area contributed by atoms with Gasteiger partial charge in [-0.15, -0.1) is 0 Å². The maximum Gasteiger partial charge on any atom is 0.374 e. The van der Waals surface area contributed by atoms with Gasteiger partial charge in [0.15, 0.2) is 0 Å². The van der Waals surface area contributed by atoms with E-state index in [0.717, 1.165) is 0 Å². The van der Waals surface area contributed by atoms with Crippen molar-refractivity contribution in [2.75, 3.05) is 6.61 Å². The quantitative estimate of drug-likeness (QED) is 0.572. The van der Waals surface area contributed by atoms with Gasteiger partial charge in [0.25, 0.3) is 0 Å². The monoisotopic (exact) mass is 154 g/mol. The third-order valence-electron chi connectivity index (χ3n) is 0.549. The minimum absolute atomic E-state index is 0.802. The fourth-order valence-electron chi connectivity index (χ4n) is 0.212. The number of alkyl halides is 2. The molecule has 0 spiro atoms. The molecule has 0 aliphatic heterocycles. The van der Waals surface area contributed by atoms with Crippen LogP contribution in [-0.2, 0) is 9.53 Å². The molecule has 0 heterocycles. The number of halogens is 3. The van der Waals surface area contributed by atoms with Crippen LogP contribution in [0.3, 0.4) is 0 Å². The molecule has 0 atom stereocenters. The summed E-state index contributed by atoms with van der Waals surface area (Å²) in [5.41, 5.74) is 0. The molecule has 0 aromatic rings. The minimum atomic E-state index is -3.21. The van der Waals surface area contributed by atoms with Gasteiger partial charge in [-0.25, -0.2) is 9.18 Å². The van der Waals surface area contributed by atoms with Crippen molar-refractivity contribution in [3.05, 3.63) is 12.4 Å². The minimum Gasteiger partial charge on any atom is -0.454 e. The summed E-state index contributed by atoms with van der Waals surface area (Å²) in [5, 5.41) is 0. The van der Waals surface area contributed by atoms with Gasteiger partial charge in [0.05, 0.1) is 0 Å². The molecule has 0 unspecified atom stereocenters. The van der Waals surface area contributed by atoms with E-state index in [2.05, 4.69) is 11.3 Å². The van der Waals surface area contributed by atoms with Crippen LogP contribution in [0, 0.1) is 0 Å². The van der Waals surface area contributed by atoms with Crippen molar-refractivity contribution in [2.24, 2.45) is 0 Å². The Labute approximate surface area is 55.3 Å². The Morgan fingerprint density at radius 1 is 1.60 bits per heavy atom. The zero-order chi connectivity index (χ0) is 8.15. The lowest BCUT2D eigenvalue weighted by Crippen LogP contribution is -2.14. The SMILES string of the molecule is C=C(F)COC(=O)C(F)F. The fraction of sp³-hybridized carbons (Fsp3) is 0.400. The van der Waals surface area contributed by atoms with Gasteiger partial charge in [0.1, 0.15) is 12.4 Å². The average Bonchev–Trinajstić information content (AvgIpc) is 1.82. The first kappa shape index (κ1) is 9.00. The Morgan fingerprint density at radius 2 is 2.10 bits per heavy atom. The van der Waals surface area contributed by atoms with Gasteiger partial charge in [-0.2, -0.15) is 8.78 Å². The number of hydrogen-bond acceptors (Lipinski definition) is 2. The summed E-state index contributed by atoms with van der Waals surface area (Å²) in [5.74, 6) is -2.70. The lowest BCUT2D eigenvalue weighted by Gasteiger charge is -1.99. The Kier molecular flexibility index (Phi) is 3.53. The highest BCUT2D eigenvalue weighted by molar-refractivity contribution is 5.72. The topological polar surface area (TPSA) is 26.3 Å². The molecular weight excluding hydrogens is 149 g/mol. The maximum atomic E-state index is 11.6. The Morgan fingerprint density at radius 3 is 2.40 bits per heavy atom. The smallest absolute Gasteiger partial charge is 0.374 e. The molecule has 0 rings (SSSR count). The lowest BCUT2D eigenvalue weighted by atomic mass is 10.6. The zero-order valence-electron chi connectivity index (χ0n) is 4.94. The molecule has 0 amide bonds. The first-order valence-corrected chi connectivity index (χ1v) is 2.32. The fourth-order valence-corrected chi connectivity index (χ4v) is 0.212. The third-order valence-corrected chi connectivity index (χ3v) is 0.549. The van der Waals surface area contributed by atoms with Crippen LogP contribution in [0.4, 0.5) is 13.2 Å². The first-order valence-electron chi connectivity index (χ1n) is 2.32. The van der Waals surface area contributed by atoms with E-state index in [9.17, 15) is 18.0 Å². The van der Waals surface area contributed by atoms with E-state index in [1.807, 2.05) is 0 Å². The third kappa shape index (κ3) is 3.94. The molecule has 0 aromatic carbocycles. The number of carbonyl (C=O) groups excluding carboxylic acids is 1. The van der Waals surface area contributed by atoms with Crippen molar-refractivity contribution in [1.82, 2.24) is 0 Å². The van der Waals surface area contributed by atoms with Crippen molar-refractivity contribution in [3.8, 4) is 0 Å². The van der Waals surface area contributed by atoms with E-state index >= 15 is 0 Å². The standard InChI is InChI=1S/C5H5F3O2/c1-3(6)2-10-5(9)4(7)8/h4H,1-2H2. The Bertz CT molecular complexity index is 144. The molecule has 0 radical (unpaired) electrons. The van der Waals surface area contributed by atoms with E-state index in [4.69, 9.17) is 0 Å². The van der Waals surface area contributed by atoms with Crippen LogP contribution in [0.1, 0.15) is 0 Å². The van der Waals surface area contributed by atoms with Crippen LogP contribution in [0.5, 0.6) is 0 Å². The summed E-state index contributed by atoms with van der Waals surface area (Å²) in [6.45, 7) is 1.90. The van der Waals surface area contributed by atoms with E-state index in [1.54, 1.807) is 0 Å². The molecule has 0 saturated heterocycles. The van der Waals surface area contributed by atoms with Crippen molar-refractivity contribution < 1.29 is 22.7 Å². The van der Waals surface area contributed by atoms with Gasteiger partial charge in [-0.05, 0) is 0 Å². The molecule has 5 heteroatoms. The van der Waals surface area contributed by atoms with Crippen LogP contribution in [-0.4, -0.2) is 19.0 Å². The van der Waals surface area contributed by atoms with Crippen molar-refractivity contribution in [2.45, 2.75) is 6.43 Å². The van der Waals surface area contributed by atoms with Crippen LogP contribution < -0.4 is 0 Å². The van der Waals surface area contributed by atoms with Crippen LogP contribution in [0.15, 0.2) is 12.4 Å². The molecular formula is C5H5F3O2. The highest BCUT2D eigenvalue weighted by Gasteiger charge is 2.16. The molecule has 10 heavy (non-hydrogen) atoms. The van der Waals surface area contributed by atoms with Crippen molar-refractivity contribution >= 4 is 5.97 Å². The second-order valence-electron chi connectivity index (χ2n) is 1.43.